The summed E-state index contributed by atoms with van der Waals surface area (Å²) < 4.78 is 0. The molecule has 0 bridgehead atoms. The number of fused-ring (bicyclic) bond motifs is 1. The molecule has 0 aliphatic carbocycles. The first-order valence-electron chi connectivity index (χ1n) is 7.21. The highest BCUT2D eigenvalue weighted by Gasteiger charge is 2.24. The maximum atomic E-state index is 12.4. The van der Waals surface area contributed by atoms with E-state index >= 15 is 0 Å². The van der Waals surface area contributed by atoms with Gasteiger partial charge in [-0.3, -0.25) is 4.79 Å². The summed E-state index contributed by atoms with van der Waals surface area (Å²) in [4.78, 5) is 14.7. The standard InChI is InChI=1S/C17H20N2O/c1-19-11-5-8-14(12-19)17(20)18-16-10-4-7-13-6-2-3-9-15(13)16/h2-4,6-7,9-10,14H,5,8,11-12H2,1H3,(H,18,20)/t14-/m1/s1. The fourth-order valence-electron chi connectivity index (χ4n) is 2.95. The van der Waals surface area contributed by atoms with Gasteiger partial charge in [0.25, 0.3) is 0 Å². The highest BCUT2D eigenvalue weighted by Crippen LogP contribution is 2.24. The van der Waals surface area contributed by atoms with Crippen LogP contribution in [-0.4, -0.2) is 30.9 Å². The number of carbonyl (C=O) groups is 1. The van der Waals surface area contributed by atoms with Gasteiger partial charge in [-0.05, 0) is 37.9 Å². The van der Waals surface area contributed by atoms with Crippen LogP contribution in [-0.2, 0) is 4.79 Å². The van der Waals surface area contributed by atoms with Crippen molar-refractivity contribution in [2.45, 2.75) is 12.8 Å². The molecule has 0 unspecified atom stereocenters. The van der Waals surface area contributed by atoms with Crippen LogP contribution in [0.3, 0.4) is 0 Å². The molecule has 1 N–H and O–H groups in total. The molecule has 1 heterocycles. The minimum absolute atomic E-state index is 0.104. The van der Waals surface area contributed by atoms with Gasteiger partial charge in [0.2, 0.25) is 5.91 Å². The Bertz CT molecular complexity index is 618. The number of anilines is 1. The van der Waals surface area contributed by atoms with E-state index < -0.39 is 0 Å². The van der Waals surface area contributed by atoms with Crippen LogP contribution in [0.2, 0.25) is 0 Å². The van der Waals surface area contributed by atoms with Crippen LogP contribution in [0, 0.1) is 5.92 Å². The largest absolute Gasteiger partial charge is 0.325 e. The maximum Gasteiger partial charge on any atom is 0.228 e. The first-order valence-corrected chi connectivity index (χ1v) is 7.21. The Morgan fingerprint density at radius 2 is 2.00 bits per heavy atom. The predicted octanol–water partition coefficient (Wildman–Crippen LogP) is 3.12. The SMILES string of the molecule is CN1CCC[C@@H](C(=O)Nc2cccc3ccccc23)C1. The molecule has 3 nitrogen and oxygen atoms in total. The summed E-state index contributed by atoms with van der Waals surface area (Å²) in [6.45, 7) is 1.95. The smallest absolute Gasteiger partial charge is 0.228 e. The summed E-state index contributed by atoms with van der Waals surface area (Å²) in [6.07, 6.45) is 2.09. The highest BCUT2D eigenvalue weighted by atomic mass is 16.1. The number of benzene rings is 2. The third-order valence-electron chi connectivity index (χ3n) is 4.04. The first kappa shape index (κ1) is 13.1. The van der Waals surface area contributed by atoms with Gasteiger partial charge < -0.3 is 10.2 Å². The average Bonchev–Trinajstić information content (AvgIpc) is 2.47. The van der Waals surface area contributed by atoms with E-state index in [9.17, 15) is 4.79 Å². The number of nitrogens with one attached hydrogen (secondary N) is 1. The van der Waals surface area contributed by atoms with Gasteiger partial charge in [-0.25, -0.2) is 0 Å². The number of piperidine rings is 1. The van der Waals surface area contributed by atoms with E-state index in [0.29, 0.717) is 0 Å². The predicted molar refractivity (Wildman–Crippen MR) is 82.8 cm³/mol. The number of nitrogens with zero attached hydrogens (tertiary/aromatic N) is 1. The molecule has 1 aliphatic rings. The van der Waals surface area contributed by atoms with Crippen LogP contribution < -0.4 is 5.32 Å². The van der Waals surface area contributed by atoms with Crippen LogP contribution >= 0.6 is 0 Å². The van der Waals surface area contributed by atoms with Crippen LogP contribution in [0.5, 0.6) is 0 Å². The number of amides is 1. The van der Waals surface area contributed by atoms with Crippen LogP contribution in [0.1, 0.15) is 12.8 Å². The number of rotatable bonds is 2. The van der Waals surface area contributed by atoms with Gasteiger partial charge in [0.15, 0.2) is 0 Å². The van der Waals surface area contributed by atoms with E-state index in [4.69, 9.17) is 0 Å². The van der Waals surface area contributed by atoms with Crippen LogP contribution in [0.4, 0.5) is 5.69 Å². The normalized spacial score (nSPS) is 19.9. The molecule has 104 valence electrons. The van der Waals surface area contributed by atoms with Crippen molar-refractivity contribution in [3.63, 3.8) is 0 Å². The molecule has 1 amide bonds. The lowest BCUT2D eigenvalue weighted by Crippen LogP contribution is -2.38. The second kappa shape index (κ2) is 5.63. The topological polar surface area (TPSA) is 32.3 Å². The Kier molecular flexibility index (Phi) is 3.70. The van der Waals surface area contributed by atoms with Crippen LogP contribution in [0.15, 0.2) is 42.5 Å². The molecule has 2 aromatic rings. The number of hydrogen-bond donors (Lipinski definition) is 1. The third kappa shape index (κ3) is 2.68. The monoisotopic (exact) mass is 268 g/mol. The minimum Gasteiger partial charge on any atom is -0.325 e. The number of carbonyl (C=O) groups excluding carboxylic acids is 1. The van der Waals surface area contributed by atoms with Crippen molar-refractivity contribution >= 4 is 22.4 Å². The molecule has 2 aromatic carbocycles. The Balaban J connectivity index is 1.80. The molecule has 1 atom stereocenters. The third-order valence-corrected chi connectivity index (χ3v) is 4.04. The summed E-state index contributed by atoms with van der Waals surface area (Å²) in [7, 11) is 2.08. The fourth-order valence-corrected chi connectivity index (χ4v) is 2.95. The second-order valence-electron chi connectivity index (χ2n) is 5.62. The zero-order valence-electron chi connectivity index (χ0n) is 11.8. The van der Waals surface area contributed by atoms with Crippen molar-refractivity contribution in [3.05, 3.63) is 42.5 Å². The van der Waals surface area contributed by atoms with E-state index in [1.54, 1.807) is 0 Å². The fraction of sp³-hybridized carbons (Fsp3) is 0.353. The van der Waals surface area contributed by atoms with Crippen molar-refractivity contribution in [2.75, 3.05) is 25.5 Å². The Morgan fingerprint density at radius 1 is 1.20 bits per heavy atom. The summed E-state index contributed by atoms with van der Waals surface area (Å²) >= 11 is 0. The molecule has 0 aromatic heterocycles. The molecule has 0 spiro atoms. The van der Waals surface area contributed by atoms with E-state index in [0.717, 1.165) is 42.4 Å². The van der Waals surface area contributed by atoms with Crippen molar-refractivity contribution < 1.29 is 4.79 Å². The number of hydrogen-bond acceptors (Lipinski definition) is 2. The molecular formula is C17H20N2O. The van der Waals surface area contributed by atoms with Gasteiger partial charge in [0.05, 0.1) is 5.92 Å². The molecule has 3 rings (SSSR count). The quantitative estimate of drug-likeness (QED) is 0.907. The second-order valence-corrected chi connectivity index (χ2v) is 5.62. The maximum absolute atomic E-state index is 12.4. The van der Waals surface area contributed by atoms with Gasteiger partial charge in [0, 0.05) is 17.6 Å². The lowest BCUT2D eigenvalue weighted by atomic mass is 9.97. The molecule has 20 heavy (non-hydrogen) atoms. The van der Waals surface area contributed by atoms with Crippen LogP contribution in [0.25, 0.3) is 10.8 Å². The van der Waals surface area contributed by atoms with Crippen molar-refractivity contribution in [3.8, 4) is 0 Å². The van der Waals surface area contributed by atoms with Crippen molar-refractivity contribution in [2.24, 2.45) is 5.92 Å². The molecule has 3 heteroatoms. The molecule has 0 saturated carbocycles. The summed E-state index contributed by atoms with van der Waals surface area (Å²) in [5.74, 6) is 0.251. The van der Waals surface area contributed by atoms with E-state index in [1.165, 1.54) is 0 Å². The van der Waals surface area contributed by atoms with Crippen molar-refractivity contribution in [1.29, 1.82) is 0 Å². The van der Waals surface area contributed by atoms with E-state index in [-0.39, 0.29) is 11.8 Å². The minimum atomic E-state index is 0.104. The van der Waals surface area contributed by atoms with E-state index in [2.05, 4.69) is 35.5 Å². The Hall–Kier alpha value is -1.87. The van der Waals surface area contributed by atoms with Gasteiger partial charge >= 0.3 is 0 Å². The number of likely N-dealkylation sites (tertiary alicyclic amines) is 1. The lowest BCUT2D eigenvalue weighted by molar-refractivity contribution is -0.121. The molecule has 0 radical (unpaired) electrons. The van der Waals surface area contributed by atoms with E-state index in [1.807, 2.05) is 24.3 Å². The molecule has 1 saturated heterocycles. The first-order chi connectivity index (χ1) is 9.74. The lowest BCUT2D eigenvalue weighted by Gasteiger charge is -2.28. The summed E-state index contributed by atoms with van der Waals surface area (Å²) in [6, 6.07) is 14.2. The molecular weight excluding hydrogens is 248 g/mol. The summed E-state index contributed by atoms with van der Waals surface area (Å²) in [5, 5.41) is 5.37. The average molecular weight is 268 g/mol. The van der Waals surface area contributed by atoms with Gasteiger partial charge in [-0.1, -0.05) is 36.4 Å². The Labute approximate surface area is 119 Å². The summed E-state index contributed by atoms with van der Waals surface area (Å²) in [5.41, 5.74) is 0.918. The van der Waals surface area contributed by atoms with Gasteiger partial charge in [0.1, 0.15) is 0 Å². The molecule has 1 fully saturated rings. The molecule has 1 aliphatic heterocycles. The zero-order chi connectivity index (χ0) is 13.9. The van der Waals surface area contributed by atoms with Gasteiger partial charge in [-0.2, -0.15) is 0 Å². The van der Waals surface area contributed by atoms with Crippen molar-refractivity contribution in [1.82, 2.24) is 4.90 Å². The zero-order valence-corrected chi connectivity index (χ0v) is 11.8. The highest BCUT2D eigenvalue weighted by molar-refractivity contribution is 6.02. The Morgan fingerprint density at radius 3 is 2.85 bits per heavy atom. The van der Waals surface area contributed by atoms with Gasteiger partial charge in [-0.15, -0.1) is 0 Å².